The molecule has 4 aromatic rings. The molecule has 1 unspecified atom stereocenters. The molecule has 0 aliphatic carbocycles. The molecule has 318 valence electrons. The van der Waals surface area contributed by atoms with Crippen molar-refractivity contribution in [2.45, 2.75) is 89.5 Å². The topological polar surface area (TPSA) is 102 Å². The van der Waals surface area contributed by atoms with E-state index >= 15 is 0 Å². The molecule has 0 bridgehead atoms. The van der Waals surface area contributed by atoms with Crippen LogP contribution >= 0.6 is 0 Å². The number of carbonyl (C=O) groups is 2. The van der Waals surface area contributed by atoms with Gasteiger partial charge < -0.3 is 37.4 Å². The summed E-state index contributed by atoms with van der Waals surface area (Å²) in [4.78, 5) is 27.6. The van der Waals surface area contributed by atoms with Crippen LogP contribution in [0.5, 0.6) is 17.2 Å². The standard InChI is InChI=1S/C47H63NO9Si2/c1-10-11-29-58(6,7)57-59(8,9)30-15-26-53-27-28-54-44(49)22-23-45(50)55-34-35-31-41-42(32-39(51-4)33-43(41)52-5)46-40(35)24-25-47(56-46,36-16-13-12-14-17-36)37-18-20-38(21-19-37)48(2)3/h12-14,16-21,24-25,31-33H,10-11,15,22-23,26-30,34H2,1-9H3. The zero-order valence-corrected chi connectivity index (χ0v) is 38.5. The predicted molar refractivity (Wildman–Crippen MR) is 241 cm³/mol. The van der Waals surface area contributed by atoms with Crippen LogP contribution < -0.4 is 19.1 Å². The first-order valence-corrected chi connectivity index (χ1v) is 27.0. The number of carbonyl (C=O) groups excluding carboxylic acids is 2. The Hall–Kier alpha value is -4.63. The Labute approximate surface area is 353 Å². The van der Waals surface area contributed by atoms with Crippen molar-refractivity contribution in [3.63, 3.8) is 0 Å². The highest BCUT2D eigenvalue weighted by Gasteiger charge is 2.39. The van der Waals surface area contributed by atoms with Crippen LogP contribution in [0, 0.1) is 0 Å². The summed E-state index contributed by atoms with van der Waals surface area (Å²) in [5.74, 6) is 0.822. The molecule has 1 aliphatic heterocycles. The largest absolute Gasteiger partial charge is 0.497 e. The SMILES string of the molecule is CCCC[Si](C)(C)O[Si](C)(C)CCCOCCOC(=O)CCC(=O)OCc1cc2c(OC)cc(OC)cc2c2c1C=CC(c1ccccc1)(c1ccc(N(C)C)cc1)O2. The Kier molecular flexibility index (Phi) is 15.8. The summed E-state index contributed by atoms with van der Waals surface area (Å²) in [6.45, 7) is 12.4. The van der Waals surface area contributed by atoms with E-state index in [0.717, 1.165) is 51.2 Å². The molecule has 0 radical (unpaired) electrons. The second-order valence-corrected chi connectivity index (χ2v) is 25.4. The maximum atomic E-state index is 13.0. The van der Waals surface area contributed by atoms with Crippen LogP contribution in [0.25, 0.3) is 16.8 Å². The Morgan fingerprint density at radius 3 is 2.05 bits per heavy atom. The molecule has 0 N–H and O–H groups in total. The van der Waals surface area contributed by atoms with Gasteiger partial charge in [-0.2, -0.15) is 0 Å². The van der Waals surface area contributed by atoms with Crippen molar-refractivity contribution >= 4 is 51.1 Å². The number of hydrogen-bond acceptors (Lipinski definition) is 10. The molecule has 0 saturated heterocycles. The molecule has 0 saturated carbocycles. The van der Waals surface area contributed by atoms with Gasteiger partial charge in [-0.3, -0.25) is 9.59 Å². The molecular weight excluding hydrogens is 779 g/mol. The lowest BCUT2D eigenvalue weighted by Crippen LogP contribution is -2.44. The third kappa shape index (κ3) is 12.0. The first kappa shape index (κ1) is 45.5. The van der Waals surface area contributed by atoms with Gasteiger partial charge in [0.25, 0.3) is 0 Å². The zero-order chi connectivity index (χ0) is 42.6. The van der Waals surface area contributed by atoms with Gasteiger partial charge in [0, 0.05) is 65.5 Å². The summed E-state index contributed by atoms with van der Waals surface area (Å²) < 4.78 is 42.3. The van der Waals surface area contributed by atoms with Gasteiger partial charge in [0.05, 0.1) is 33.7 Å². The molecule has 0 fully saturated rings. The number of unbranched alkanes of at least 4 members (excludes halogenated alkanes) is 1. The number of ether oxygens (including phenoxy) is 6. The highest BCUT2D eigenvalue weighted by Crippen LogP contribution is 2.49. The van der Waals surface area contributed by atoms with Crippen molar-refractivity contribution in [1.82, 2.24) is 0 Å². The van der Waals surface area contributed by atoms with Gasteiger partial charge >= 0.3 is 11.9 Å². The predicted octanol–water partition coefficient (Wildman–Crippen LogP) is 10.3. The molecule has 12 heteroatoms. The third-order valence-electron chi connectivity index (χ3n) is 10.7. The van der Waals surface area contributed by atoms with E-state index in [1.54, 1.807) is 14.2 Å². The van der Waals surface area contributed by atoms with E-state index in [1.807, 2.05) is 56.6 Å². The van der Waals surface area contributed by atoms with Gasteiger partial charge in [-0.15, -0.1) is 0 Å². The maximum Gasteiger partial charge on any atom is 0.306 e. The van der Waals surface area contributed by atoms with Crippen LogP contribution in [-0.4, -0.2) is 76.7 Å². The lowest BCUT2D eigenvalue weighted by atomic mass is 9.82. The maximum absolute atomic E-state index is 13.0. The summed E-state index contributed by atoms with van der Waals surface area (Å²) in [5.41, 5.74) is 3.50. The van der Waals surface area contributed by atoms with E-state index in [0.29, 0.717) is 30.5 Å². The summed E-state index contributed by atoms with van der Waals surface area (Å²) in [6.07, 6.45) is 7.23. The van der Waals surface area contributed by atoms with E-state index in [-0.39, 0.29) is 26.1 Å². The number of nitrogens with zero attached hydrogens (tertiary/aromatic N) is 1. The Balaban J connectivity index is 1.22. The van der Waals surface area contributed by atoms with Gasteiger partial charge in [-0.05, 0) is 75.0 Å². The molecule has 0 amide bonds. The smallest absolute Gasteiger partial charge is 0.306 e. The second kappa shape index (κ2) is 20.6. The Bertz CT molecular complexity index is 2050. The molecule has 0 spiro atoms. The number of esters is 2. The molecule has 5 rings (SSSR count). The number of hydrogen-bond donors (Lipinski definition) is 0. The summed E-state index contributed by atoms with van der Waals surface area (Å²) in [7, 11) is 3.85. The van der Waals surface area contributed by atoms with E-state index in [9.17, 15) is 9.59 Å². The molecule has 1 atom stereocenters. The van der Waals surface area contributed by atoms with Crippen LogP contribution in [0.3, 0.4) is 0 Å². The number of anilines is 1. The van der Waals surface area contributed by atoms with Crippen LogP contribution in [0.15, 0.2) is 78.9 Å². The van der Waals surface area contributed by atoms with Crippen molar-refractivity contribution in [3.8, 4) is 17.2 Å². The first-order valence-electron chi connectivity index (χ1n) is 20.7. The minimum Gasteiger partial charge on any atom is -0.497 e. The van der Waals surface area contributed by atoms with Gasteiger partial charge in [0.2, 0.25) is 0 Å². The molecule has 10 nitrogen and oxygen atoms in total. The quantitative estimate of drug-likeness (QED) is 0.0432. The van der Waals surface area contributed by atoms with Crippen molar-refractivity contribution < 1.29 is 42.1 Å². The first-order chi connectivity index (χ1) is 28.2. The number of benzene rings is 4. The fourth-order valence-corrected chi connectivity index (χ4v) is 16.6. The highest BCUT2D eigenvalue weighted by molar-refractivity contribution is 6.84. The molecule has 4 aromatic carbocycles. The average Bonchev–Trinajstić information content (AvgIpc) is 3.23. The van der Waals surface area contributed by atoms with E-state index in [2.05, 4.69) is 80.5 Å². The van der Waals surface area contributed by atoms with E-state index in [1.165, 1.54) is 18.9 Å². The third-order valence-corrected chi connectivity index (χ3v) is 18.2. The van der Waals surface area contributed by atoms with E-state index in [4.69, 9.17) is 32.5 Å². The summed E-state index contributed by atoms with van der Waals surface area (Å²) >= 11 is 0. The highest BCUT2D eigenvalue weighted by atomic mass is 28.4. The molecule has 1 heterocycles. The van der Waals surface area contributed by atoms with E-state index < -0.39 is 34.2 Å². The normalized spacial score (nSPS) is 15.0. The fraction of sp³-hybridized carbons (Fsp3) is 0.447. The van der Waals surface area contributed by atoms with Gasteiger partial charge in [-0.25, -0.2) is 0 Å². The minimum absolute atomic E-state index is 0.0398. The number of fused-ring (bicyclic) bond motifs is 3. The lowest BCUT2D eigenvalue weighted by molar-refractivity contribution is -0.151. The van der Waals surface area contributed by atoms with Gasteiger partial charge in [0.1, 0.15) is 30.5 Å². The number of rotatable bonds is 22. The Morgan fingerprint density at radius 2 is 1.41 bits per heavy atom. The lowest BCUT2D eigenvalue weighted by Gasteiger charge is -2.37. The summed E-state index contributed by atoms with van der Waals surface area (Å²) in [5, 5.41) is 1.56. The monoisotopic (exact) mass is 841 g/mol. The average molecular weight is 842 g/mol. The zero-order valence-electron chi connectivity index (χ0n) is 36.5. The molecule has 1 aliphatic rings. The minimum atomic E-state index is -1.76. The van der Waals surface area contributed by atoms with Crippen molar-refractivity contribution in [3.05, 3.63) is 101 Å². The van der Waals surface area contributed by atoms with Crippen LogP contribution in [-0.2, 0) is 40.1 Å². The van der Waals surface area contributed by atoms with Crippen molar-refractivity contribution in [2.75, 3.05) is 53.0 Å². The van der Waals surface area contributed by atoms with Crippen molar-refractivity contribution in [2.24, 2.45) is 0 Å². The van der Waals surface area contributed by atoms with Crippen molar-refractivity contribution in [1.29, 1.82) is 0 Å². The molecular formula is C47H63NO9Si2. The van der Waals surface area contributed by atoms with Crippen LogP contribution in [0.2, 0.25) is 38.3 Å². The van der Waals surface area contributed by atoms with Crippen LogP contribution in [0.4, 0.5) is 5.69 Å². The summed E-state index contributed by atoms with van der Waals surface area (Å²) in [6, 6.07) is 26.4. The fourth-order valence-electron chi connectivity index (χ4n) is 7.62. The number of methoxy groups -OCH3 is 2. The van der Waals surface area contributed by atoms with Gasteiger partial charge in [0.15, 0.2) is 22.2 Å². The van der Waals surface area contributed by atoms with Crippen LogP contribution in [0.1, 0.15) is 61.3 Å². The van der Waals surface area contributed by atoms with Gasteiger partial charge in [-0.1, -0.05) is 68.3 Å². The molecule has 0 aromatic heterocycles. The molecule has 59 heavy (non-hydrogen) atoms. The second-order valence-electron chi connectivity index (χ2n) is 16.5. The Morgan fingerprint density at radius 1 is 0.746 bits per heavy atom.